The maximum atomic E-state index is 11.6. The Labute approximate surface area is 130 Å². The molecule has 1 aliphatic rings. The van der Waals surface area contributed by atoms with Crippen molar-refractivity contribution in [2.24, 2.45) is 4.99 Å². The van der Waals surface area contributed by atoms with Crippen LogP contribution in [-0.2, 0) is 9.53 Å². The number of ether oxygens (including phenoxy) is 1. The minimum absolute atomic E-state index is 0.171. The lowest BCUT2D eigenvalue weighted by atomic mass is 10.0. The number of aliphatic imine (C=N–C) groups is 1. The van der Waals surface area contributed by atoms with Gasteiger partial charge in [-0.2, -0.15) is 0 Å². The number of amidine groups is 1. The number of aliphatic hydroxyl groups excluding tert-OH is 2. The van der Waals surface area contributed by atoms with Gasteiger partial charge in [-0.3, -0.25) is 10.9 Å². The van der Waals surface area contributed by atoms with Crippen LogP contribution in [0.25, 0.3) is 0 Å². The summed E-state index contributed by atoms with van der Waals surface area (Å²) in [7, 11) is 0. The molecule has 0 bridgehead atoms. The summed E-state index contributed by atoms with van der Waals surface area (Å²) in [5.41, 5.74) is 4.46. The van der Waals surface area contributed by atoms with Crippen molar-refractivity contribution in [3.63, 3.8) is 0 Å². The van der Waals surface area contributed by atoms with E-state index < -0.39 is 24.7 Å². The first-order valence-corrected chi connectivity index (χ1v) is 6.71. The fourth-order valence-corrected chi connectivity index (χ4v) is 2.05. The van der Waals surface area contributed by atoms with Gasteiger partial charge in [0.1, 0.15) is 12.1 Å². The molecule has 114 valence electrons. The molecule has 1 aliphatic heterocycles. The summed E-state index contributed by atoms with van der Waals surface area (Å²) >= 11 is 11.7. The Kier molecular flexibility index (Phi) is 4.89. The average Bonchev–Trinajstić information content (AvgIpc) is 2.48. The number of aliphatic hydroxyl groups is 2. The molecule has 0 aliphatic carbocycles. The molecule has 0 amide bonds. The van der Waals surface area contributed by atoms with Crippen LogP contribution in [0.5, 0.6) is 0 Å². The third-order valence-corrected chi connectivity index (χ3v) is 3.40. The first kappa shape index (κ1) is 15.8. The van der Waals surface area contributed by atoms with Crippen molar-refractivity contribution in [2.45, 2.75) is 5.54 Å². The van der Waals surface area contributed by atoms with Crippen LogP contribution >= 0.6 is 23.2 Å². The quantitative estimate of drug-likeness (QED) is 0.475. The zero-order chi connectivity index (χ0) is 15.5. The number of rotatable bonds is 4. The van der Waals surface area contributed by atoms with Gasteiger partial charge in [0.15, 0.2) is 0 Å². The molecule has 0 radical (unpaired) electrons. The van der Waals surface area contributed by atoms with Crippen LogP contribution in [0.1, 0.15) is 0 Å². The van der Waals surface area contributed by atoms with E-state index in [0.29, 0.717) is 15.7 Å². The maximum Gasteiger partial charge on any atom is 0.375 e. The number of benzene rings is 1. The molecule has 0 saturated carbocycles. The van der Waals surface area contributed by atoms with E-state index in [9.17, 15) is 15.0 Å². The average molecular weight is 334 g/mol. The Hall–Kier alpha value is -1.54. The summed E-state index contributed by atoms with van der Waals surface area (Å²) < 4.78 is 4.88. The maximum absolute atomic E-state index is 11.6. The highest BCUT2D eigenvalue weighted by atomic mass is 35.5. The van der Waals surface area contributed by atoms with E-state index in [2.05, 4.69) is 15.8 Å². The number of halogens is 2. The van der Waals surface area contributed by atoms with Crippen molar-refractivity contribution in [3.8, 4) is 0 Å². The molecule has 0 fully saturated rings. The molecular formula is C12H13Cl2N3O4. The fourth-order valence-electron chi connectivity index (χ4n) is 1.59. The van der Waals surface area contributed by atoms with Gasteiger partial charge in [0, 0.05) is 5.02 Å². The van der Waals surface area contributed by atoms with Crippen LogP contribution in [0.4, 0.5) is 5.69 Å². The molecule has 0 spiro atoms. The molecule has 0 atom stereocenters. The highest BCUT2D eigenvalue weighted by Gasteiger charge is 2.36. The fraction of sp³-hybridized carbons (Fsp3) is 0.333. The normalized spacial score (nSPS) is 17.0. The first-order valence-electron chi connectivity index (χ1n) is 5.95. The number of hydrogen-bond acceptors (Lipinski definition) is 7. The topological polar surface area (TPSA) is 103 Å². The number of cyclic esters (lactones) is 1. The van der Waals surface area contributed by atoms with Gasteiger partial charge >= 0.3 is 5.97 Å². The summed E-state index contributed by atoms with van der Waals surface area (Å²) in [5, 5.41) is 19.3. The third-order valence-electron chi connectivity index (χ3n) is 2.85. The van der Waals surface area contributed by atoms with E-state index >= 15 is 0 Å². The number of carbonyl (C=O) groups excluding carboxylic acids is 1. The van der Waals surface area contributed by atoms with Gasteiger partial charge in [0.05, 0.1) is 23.9 Å². The number of hydrogen-bond donors (Lipinski definition) is 4. The van der Waals surface area contributed by atoms with Crippen LogP contribution < -0.4 is 10.9 Å². The van der Waals surface area contributed by atoms with Crippen molar-refractivity contribution < 1.29 is 19.7 Å². The number of carbonyl (C=O) groups is 1. The molecular weight excluding hydrogens is 321 g/mol. The van der Waals surface area contributed by atoms with E-state index in [1.165, 1.54) is 6.07 Å². The predicted molar refractivity (Wildman–Crippen MR) is 78.5 cm³/mol. The monoisotopic (exact) mass is 333 g/mol. The molecule has 1 aromatic carbocycles. The largest absolute Gasteiger partial charge is 0.457 e. The van der Waals surface area contributed by atoms with Gasteiger partial charge < -0.3 is 14.9 Å². The Morgan fingerprint density at radius 3 is 2.62 bits per heavy atom. The lowest BCUT2D eigenvalue weighted by molar-refractivity contribution is -0.140. The highest BCUT2D eigenvalue weighted by molar-refractivity contribution is 6.37. The summed E-state index contributed by atoms with van der Waals surface area (Å²) in [6, 6.07) is 4.75. The Morgan fingerprint density at radius 2 is 2.00 bits per heavy atom. The first-order chi connectivity index (χ1) is 9.99. The molecule has 0 saturated heterocycles. The van der Waals surface area contributed by atoms with Crippen molar-refractivity contribution in [2.75, 3.05) is 25.2 Å². The lowest BCUT2D eigenvalue weighted by Gasteiger charge is -2.30. The SMILES string of the molecule is O=C1OCC(CO)(CO)N=C1NNc1ccc(Cl)cc1Cl. The minimum Gasteiger partial charge on any atom is -0.457 e. The standard InChI is InChI=1S/C12H13Cl2N3O4/c13-7-1-2-9(8(14)3-7)16-17-10-11(20)21-6-12(4-18,5-19)15-10/h1-3,16,18-19H,4-6H2,(H,15,17). The molecule has 21 heavy (non-hydrogen) atoms. The van der Waals surface area contributed by atoms with Crippen molar-refractivity contribution >= 4 is 40.7 Å². The summed E-state index contributed by atoms with van der Waals surface area (Å²) in [6.07, 6.45) is 0. The van der Waals surface area contributed by atoms with E-state index in [1.54, 1.807) is 12.1 Å². The number of esters is 1. The number of nitrogens with one attached hydrogen (secondary N) is 2. The Balaban J connectivity index is 2.13. The van der Waals surface area contributed by atoms with E-state index in [-0.39, 0.29) is 12.4 Å². The van der Waals surface area contributed by atoms with Crippen LogP contribution in [0, 0.1) is 0 Å². The van der Waals surface area contributed by atoms with Gasteiger partial charge in [-0.1, -0.05) is 23.2 Å². The van der Waals surface area contributed by atoms with Crippen molar-refractivity contribution in [3.05, 3.63) is 28.2 Å². The Morgan fingerprint density at radius 1 is 1.29 bits per heavy atom. The summed E-state index contributed by atoms with van der Waals surface area (Å²) in [5.74, 6) is -0.875. The summed E-state index contributed by atoms with van der Waals surface area (Å²) in [6.45, 7) is -1.10. The molecule has 1 aromatic rings. The van der Waals surface area contributed by atoms with Crippen LogP contribution in [-0.4, -0.2) is 47.4 Å². The zero-order valence-corrected chi connectivity index (χ0v) is 12.3. The predicted octanol–water partition coefficient (Wildman–Crippen LogP) is 0.589. The number of nitrogens with zero attached hydrogens (tertiary/aromatic N) is 1. The summed E-state index contributed by atoms with van der Waals surface area (Å²) in [4.78, 5) is 15.6. The number of hydrazine groups is 1. The van der Waals surface area contributed by atoms with Gasteiger partial charge in [0.2, 0.25) is 5.84 Å². The van der Waals surface area contributed by atoms with Gasteiger partial charge in [-0.15, -0.1) is 0 Å². The Bertz CT molecular complexity index is 576. The van der Waals surface area contributed by atoms with Crippen LogP contribution in [0.3, 0.4) is 0 Å². The van der Waals surface area contributed by atoms with E-state index in [0.717, 1.165) is 0 Å². The van der Waals surface area contributed by atoms with Gasteiger partial charge in [0.25, 0.3) is 0 Å². The molecule has 1 heterocycles. The smallest absolute Gasteiger partial charge is 0.375 e. The van der Waals surface area contributed by atoms with Crippen LogP contribution in [0.2, 0.25) is 10.0 Å². The van der Waals surface area contributed by atoms with Crippen molar-refractivity contribution in [1.29, 1.82) is 0 Å². The third kappa shape index (κ3) is 3.56. The minimum atomic E-state index is -1.25. The molecule has 9 heteroatoms. The molecule has 2 rings (SSSR count). The van der Waals surface area contributed by atoms with E-state index in [4.69, 9.17) is 27.9 Å². The van der Waals surface area contributed by atoms with Gasteiger partial charge in [-0.05, 0) is 18.2 Å². The highest BCUT2D eigenvalue weighted by Crippen LogP contribution is 2.24. The van der Waals surface area contributed by atoms with E-state index in [1.807, 2.05) is 0 Å². The zero-order valence-electron chi connectivity index (χ0n) is 10.8. The molecule has 4 N–H and O–H groups in total. The van der Waals surface area contributed by atoms with Crippen LogP contribution in [0.15, 0.2) is 23.2 Å². The molecule has 0 unspecified atom stereocenters. The second kappa shape index (κ2) is 6.48. The second-order valence-electron chi connectivity index (χ2n) is 4.45. The second-order valence-corrected chi connectivity index (χ2v) is 5.29. The van der Waals surface area contributed by atoms with Crippen molar-refractivity contribution in [1.82, 2.24) is 5.43 Å². The molecule has 7 nitrogen and oxygen atoms in total. The molecule has 0 aromatic heterocycles. The number of anilines is 1. The lowest BCUT2D eigenvalue weighted by Crippen LogP contribution is -2.51. The van der Waals surface area contributed by atoms with Gasteiger partial charge in [-0.25, -0.2) is 9.79 Å².